The van der Waals surface area contributed by atoms with Crippen molar-refractivity contribution in [2.45, 2.75) is 19.9 Å². The van der Waals surface area contributed by atoms with Crippen LogP contribution in [0, 0.1) is 24.6 Å². The third-order valence-electron chi connectivity index (χ3n) is 1.60. The van der Waals surface area contributed by atoms with E-state index in [1.165, 1.54) is 6.07 Å². The summed E-state index contributed by atoms with van der Waals surface area (Å²) in [5, 5.41) is 0. The van der Waals surface area contributed by atoms with Gasteiger partial charge in [-0.2, -0.15) is 0 Å². The molecule has 2 N–H and O–H groups in total. The number of aryl methyl sites for hydroxylation is 1. The molecule has 0 aromatic heterocycles. The maximum atomic E-state index is 12.8. The van der Waals surface area contributed by atoms with Gasteiger partial charge in [-0.25, -0.2) is 4.39 Å². The van der Waals surface area contributed by atoms with Crippen molar-refractivity contribution in [3.05, 3.63) is 35.1 Å². The topological polar surface area (TPSA) is 26.0 Å². The van der Waals surface area contributed by atoms with Crippen LogP contribution in [0.2, 0.25) is 0 Å². The summed E-state index contributed by atoms with van der Waals surface area (Å²) in [6.07, 6.45) is 0. The standard InChI is InChI=1S/C11H12FN/c1-8-7-10(4-3-9(2)13)5-6-11(8)12/h5-7,9H,13H2,1-2H3. The van der Waals surface area contributed by atoms with Crippen molar-refractivity contribution < 1.29 is 4.39 Å². The van der Waals surface area contributed by atoms with E-state index in [2.05, 4.69) is 11.8 Å². The molecule has 0 spiro atoms. The third-order valence-corrected chi connectivity index (χ3v) is 1.60. The molecule has 0 saturated heterocycles. The van der Waals surface area contributed by atoms with Crippen LogP contribution in [0.5, 0.6) is 0 Å². The molecular formula is C11H12FN. The lowest BCUT2D eigenvalue weighted by molar-refractivity contribution is 0.618. The normalized spacial score (nSPS) is 11.7. The molecule has 1 aromatic carbocycles. The first-order chi connectivity index (χ1) is 6.09. The van der Waals surface area contributed by atoms with Gasteiger partial charge in [0.1, 0.15) is 5.82 Å². The monoisotopic (exact) mass is 177 g/mol. The van der Waals surface area contributed by atoms with Gasteiger partial charge in [0.25, 0.3) is 0 Å². The molecule has 1 atom stereocenters. The highest BCUT2D eigenvalue weighted by Gasteiger charge is 1.95. The third kappa shape index (κ3) is 2.89. The molecule has 0 aliphatic heterocycles. The SMILES string of the molecule is Cc1cc(C#CC(C)N)ccc1F. The van der Waals surface area contributed by atoms with E-state index in [1.807, 2.05) is 6.92 Å². The zero-order valence-electron chi connectivity index (χ0n) is 7.76. The van der Waals surface area contributed by atoms with Crippen molar-refractivity contribution in [3.63, 3.8) is 0 Å². The molecule has 1 unspecified atom stereocenters. The Morgan fingerprint density at radius 3 is 2.69 bits per heavy atom. The number of rotatable bonds is 0. The molecule has 1 nitrogen and oxygen atoms in total. The second kappa shape index (κ2) is 4.06. The number of hydrogen-bond donors (Lipinski definition) is 1. The van der Waals surface area contributed by atoms with Gasteiger partial charge in [0.15, 0.2) is 0 Å². The van der Waals surface area contributed by atoms with E-state index in [-0.39, 0.29) is 11.9 Å². The summed E-state index contributed by atoms with van der Waals surface area (Å²) in [7, 11) is 0. The molecule has 0 heterocycles. The van der Waals surface area contributed by atoms with E-state index < -0.39 is 0 Å². The molecule has 0 bridgehead atoms. The van der Waals surface area contributed by atoms with E-state index in [4.69, 9.17) is 5.73 Å². The molecule has 0 aliphatic rings. The van der Waals surface area contributed by atoms with E-state index in [0.717, 1.165) is 5.56 Å². The molecule has 0 fully saturated rings. The summed E-state index contributed by atoms with van der Waals surface area (Å²) in [6, 6.07) is 4.63. The van der Waals surface area contributed by atoms with Crippen molar-refractivity contribution >= 4 is 0 Å². The Labute approximate surface area is 77.8 Å². The Morgan fingerprint density at radius 1 is 1.46 bits per heavy atom. The van der Waals surface area contributed by atoms with Gasteiger partial charge in [0, 0.05) is 5.56 Å². The quantitative estimate of drug-likeness (QED) is 0.601. The molecule has 0 radical (unpaired) electrons. The highest BCUT2D eigenvalue weighted by molar-refractivity contribution is 5.37. The van der Waals surface area contributed by atoms with Crippen LogP contribution in [0.25, 0.3) is 0 Å². The van der Waals surface area contributed by atoms with Gasteiger partial charge in [-0.3, -0.25) is 0 Å². The molecule has 2 heteroatoms. The average Bonchev–Trinajstić information content (AvgIpc) is 2.07. The van der Waals surface area contributed by atoms with E-state index >= 15 is 0 Å². The lowest BCUT2D eigenvalue weighted by Crippen LogP contribution is -2.10. The summed E-state index contributed by atoms with van der Waals surface area (Å²) < 4.78 is 12.8. The van der Waals surface area contributed by atoms with Gasteiger partial charge < -0.3 is 5.73 Å². The zero-order chi connectivity index (χ0) is 9.84. The average molecular weight is 177 g/mol. The number of nitrogens with two attached hydrogens (primary N) is 1. The van der Waals surface area contributed by atoms with Crippen molar-refractivity contribution in [1.29, 1.82) is 0 Å². The van der Waals surface area contributed by atoms with Crippen molar-refractivity contribution in [3.8, 4) is 11.8 Å². The summed E-state index contributed by atoms with van der Waals surface area (Å²) in [6.45, 7) is 3.52. The molecule has 0 saturated carbocycles. The Bertz CT molecular complexity index is 358. The van der Waals surface area contributed by atoms with Crippen molar-refractivity contribution in [2.24, 2.45) is 5.73 Å². The van der Waals surface area contributed by atoms with Gasteiger partial charge in [-0.15, -0.1) is 0 Å². The second-order valence-corrected chi connectivity index (χ2v) is 3.02. The lowest BCUT2D eigenvalue weighted by atomic mass is 10.1. The maximum absolute atomic E-state index is 12.8. The fourth-order valence-corrected chi connectivity index (χ4v) is 0.920. The first-order valence-corrected chi connectivity index (χ1v) is 4.13. The van der Waals surface area contributed by atoms with Crippen molar-refractivity contribution in [2.75, 3.05) is 0 Å². The highest BCUT2D eigenvalue weighted by atomic mass is 19.1. The molecule has 0 aliphatic carbocycles. The predicted octanol–water partition coefficient (Wildman–Crippen LogP) is 1.83. The Morgan fingerprint density at radius 2 is 2.15 bits per heavy atom. The highest BCUT2D eigenvalue weighted by Crippen LogP contribution is 2.07. The van der Waals surface area contributed by atoms with Gasteiger partial charge in [-0.1, -0.05) is 11.8 Å². The summed E-state index contributed by atoms with van der Waals surface area (Å²) in [5.74, 6) is 5.48. The van der Waals surface area contributed by atoms with Crippen LogP contribution in [-0.2, 0) is 0 Å². The van der Waals surface area contributed by atoms with E-state index in [9.17, 15) is 4.39 Å². The van der Waals surface area contributed by atoms with E-state index in [0.29, 0.717) is 5.56 Å². The van der Waals surface area contributed by atoms with Gasteiger partial charge in [0.2, 0.25) is 0 Å². The largest absolute Gasteiger partial charge is 0.318 e. The molecule has 1 rings (SSSR count). The summed E-state index contributed by atoms with van der Waals surface area (Å²) in [5.41, 5.74) is 6.87. The number of halogens is 1. The van der Waals surface area contributed by atoms with Gasteiger partial charge in [0.05, 0.1) is 6.04 Å². The Hall–Kier alpha value is -1.33. The van der Waals surface area contributed by atoms with Crippen LogP contribution < -0.4 is 5.73 Å². The zero-order valence-corrected chi connectivity index (χ0v) is 7.76. The van der Waals surface area contributed by atoms with Crippen LogP contribution in [0.4, 0.5) is 4.39 Å². The van der Waals surface area contributed by atoms with E-state index in [1.54, 1.807) is 19.1 Å². The minimum absolute atomic E-state index is 0.148. The first-order valence-electron chi connectivity index (χ1n) is 4.13. The molecule has 68 valence electrons. The lowest BCUT2D eigenvalue weighted by Gasteiger charge is -1.96. The summed E-state index contributed by atoms with van der Waals surface area (Å²) >= 11 is 0. The fraction of sp³-hybridized carbons (Fsp3) is 0.273. The number of benzene rings is 1. The molecule has 13 heavy (non-hydrogen) atoms. The Kier molecular flexibility index (Phi) is 3.05. The molecule has 1 aromatic rings. The van der Waals surface area contributed by atoms with Gasteiger partial charge in [-0.05, 0) is 37.6 Å². The minimum Gasteiger partial charge on any atom is -0.318 e. The first kappa shape index (κ1) is 9.76. The minimum atomic E-state index is -0.202. The van der Waals surface area contributed by atoms with Crippen LogP contribution >= 0.6 is 0 Å². The Balaban J connectivity index is 2.94. The predicted molar refractivity (Wildman–Crippen MR) is 51.7 cm³/mol. The van der Waals surface area contributed by atoms with Crippen LogP contribution in [0.1, 0.15) is 18.1 Å². The smallest absolute Gasteiger partial charge is 0.126 e. The molecule has 0 amide bonds. The van der Waals surface area contributed by atoms with Crippen LogP contribution in [0.3, 0.4) is 0 Å². The maximum Gasteiger partial charge on any atom is 0.126 e. The summed E-state index contributed by atoms with van der Waals surface area (Å²) in [4.78, 5) is 0. The van der Waals surface area contributed by atoms with Crippen LogP contribution in [-0.4, -0.2) is 6.04 Å². The molecular weight excluding hydrogens is 165 g/mol. The van der Waals surface area contributed by atoms with Crippen molar-refractivity contribution in [1.82, 2.24) is 0 Å². The number of hydrogen-bond acceptors (Lipinski definition) is 1. The van der Waals surface area contributed by atoms with Crippen LogP contribution in [0.15, 0.2) is 18.2 Å². The van der Waals surface area contributed by atoms with Gasteiger partial charge >= 0.3 is 0 Å². The second-order valence-electron chi connectivity index (χ2n) is 3.02. The fourth-order valence-electron chi connectivity index (χ4n) is 0.920.